The Kier molecular flexibility index (Phi) is 6.91. The summed E-state index contributed by atoms with van der Waals surface area (Å²) < 4.78 is 27.7. The largest absolute Gasteiger partial charge is 0.497 e. The summed E-state index contributed by atoms with van der Waals surface area (Å²) in [7, 11) is 3.10. The van der Waals surface area contributed by atoms with Crippen molar-refractivity contribution in [1.29, 1.82) is 0 Å². The van der Waals surface area contributed by atoms with Gasteiger partial charge in [-0.25, -0.2) is 14.4 Å². The lowest BCUT2D eigenvalue weighted by Crippen LogP contribution is -2.43. The fourth-order valence-corrected chi connectivity index (χ4v) is 6.17. The first-order valence-electron chi connectivity index (χ1n) is 13.3. The van der Waals surface area contributed by atoms with Crippen molar-refractivity contribution in [3.05, 3.63) is 75.8 Å². The molecule has 11 heteroatoms. The number of aromatic nitrogens is 3. The van der Waals surface area contributed by atoms with Crippen LogP contribution in [-0.4, -0.2) is 47.2 Å². The SMILES string of the molecule is COc1ccc(Cn2c(C3(F)CC3)nc3sc(N4CCC[C@@H]4C(=O)NCc4ccccc4)nc3c2=O)c(OC)c1. The van der Waals surface area contributed by atoms with Crippen LogP contribution in [0.15, 0.2) is 53.3 Å². The second-order valence-electron chi connectivity index (χ2n) is 10.2. The highest BCUT2D eigenvalue weighted by molar-refractivity contribution is 7.21. The standard InChI is InChI=1S/C29H30FN5O4S/c1-38-20-11-10-19(22(15-20)39-2)17-35-26(37)23-25(33-27(35)29(30)12-13-29)40-28(32-23)34-14-6-9-21(34)24(36)31-16-18-7-4-3-5-8-18/h3-5,7-8,10-11,15,21H,6,9,12-14,16-17H2,1-2H3,(H,31,36)/t21-/m1/s1. The van der Waals surface area contributed by atoms with E-state index in [-0.39, 0.29) is 23.8 Å². The molecular formula is C29H30FN5O4S. The van der Waals surface area contributed by atoms with Crippen molar-refractivity contribution in [1.82, 2.24) is 19.9 Å². The van der Waals surface area contributed by atoms with Gasteiger partial charge in [-0.3, -0.25) is 14.2 Å². The average Bonchev–Trinajstić information content (AvgIpc) is 3.36. The van der Waals surface area contributed by atoms with E-state index in [4.69, 9.17) is 9.47 Å². The molecule has 4 aromatic rings. The molecule has 40 heavy (non-hydrogen) atoms. The predicted molar refractivity (Wildman–Crippen MR) is 151 cm³/mol. The van der Waals surface area contributed by atoms with Crippen molar-refractivity contribution in [2.75, 3.05) is 25.7 Å². The van der Waals surface area contributed by atoms with Gasteiger partial charge in [-0.15, -0.1) is 0 Å². The number of alkyl halides is 1. The zero-order valence-corrected chi connectivity index (χ0v) is 23.2. The third kappa shape index (κ3) is 4.90. The van der Waals surface area contributed by atoms with Crippen LogP contribution in [-0.2, 0) is 23.6 Å². The van der Waals surface area contributed by atoms with Crippen LogP contribution in [0.1, 0.15) is 42.6 Å². The van der Waals surface area contributed by atoms with E-state index in [1.807, 2.05) is 35.2 Å². The lowest BCUT2D eigenvalue weighted by Gasteiger charge is -2.23. The molecule has 1 N–H and O–H groups in total. The van der Waals surface area contributed by atoms with Crippen LogP contribution >= 0.6 is 11.3 Å². The number of ether oxygens (including phenoxy) is 2. The minimum Gasteiger partial charge on any atom is -0.497 e. The number of hydrogen-bond acceptors (Lipinski definition) is 8. The molecule has 2 aliphatic rings. The Morgan fingerprint density at radius 3 is 2.67 bits per heavy atom. The van der Waals surface area contributed by atoms with Crippen molar-refractivity contribution in [2.24, 2.45) is 0 Å². The molecule has 1 amide bonds. The van der Waals surface area contributed by atoms with Gasteiger partial charge < -0.3 is 19.7 Å². The number of nitrogens with one attached hydrogen (secondary N) is 1. The third-order valence-electron chi connectivity index (χ3n) is 7.53. The number of amides is 1. The van der Waals surface area contributed by atoms with E-state index in [1.54, 1.807) is 25.3 Å². The number of anilines is 1. The highest BCUT2D eigenvalue weighted by Crippen LogP contribution is 2.49. The summed E-state index contributed by atoms with van der Waals surface area (Å²) in [4.78, 5) is 38.5. The maximum atomic E-state index is 15.6. The second kappa shape index (κ2) is 10.5. The van der Waals surface area contributed by atoms with Gasteiger partial charge in [0, 0.05) is 24.7 Å². The van der Waals surface area contributed by atoms with Gasteiger partial charge in [0.05, 0.1) is 20.8 Å². The minimum atomic E-state index is -1.65. The van der Waals surface area contributed by atoms with Crippen molar-refractivity contribution < 1.29 is 18.7 Å². The van der Waals surface area contributed by atoms with Crippen LogP contribution < -0.4 is 25.2 Å². The van der Waals surface area contributed by atoms with Gasteiger partial charge in [-0.05, 0) is 43.4 Å². The monoisotopic (exact) mass is 563 g/mol. The van der Waals surface area contributed by atoms with Gasteiger partial charge in [-0.2, -0.15) is 0 Å². The lowest BCUT2D eigenvalue weighted by atomic mass is 10.1. The fraction of sp³-hybridized carbons (Fsp3) is 0.379. The van der Waals surface area contributed by atoms with E-state index in [0.29, 0.717) is 59.4 Å². The fourth-order valence-electron chi connectivity index (χ4n) is 5.17. The van der Waals surface area contributed by atoms with E-state index in [2.05, 4.69) is 15.3 Å². The summed E-state index contributed by atoms with van der Waals surface area (Å²) >= 11 is 1.23. The van der Waals surface area contributed by atoms with Crippen LogP contribution in [0.5, 0.6) is 11.5 Å². The van der Waals surface area contributed by atoms with Crippen LogP contribution in [0.4, 0.5) is 9.52 Å². The molecule has 0 radical (unpaired) electrons. The molecule has 9 nitrogen and oxygen atoms in total. The molecule has 2 aromatic heterocycles. The van der Waals surface area contributed by atoms with E-state index >= 15 is 4.39 Å². The van der Waals surface area contributed by atoms with Gasteiger partial charge in [0.15, 0.2) is 27.0 Å². The van der Waals surface area contributed by atoms with Gasteiger partial charge in [0.25, 0.3) is 5.56 Å². The zero-order chi connectivity index (χ0) is 27.9. The molecule has 0 unspecified atom stereocenters. The summed E-state index contributed by atoms with van der Waals surface area (Å²) in [6.45, 7) is 1.16. The number of hydrogen-bond donors (Lipinski definition) is 1. The number of halogens is 1. The normalized spacial score (nSPS) is 17.7. The molecule has 0 bridgehead atoms. The Bertz CT molecular complexity index is 1620. The van der Waals surface area contributed by atoms with E-state index in [9.17, 15) is 9.59 Å². The quantitative estimate of drug-likeness (QED) is 0.327. The summed E-state index contributed by atoms with van der Waals surface area (Å²) in [5.41, 5.74) is -0.164. The van der Waals surface area contributed by atoms with E-state index < -0.39 is 17.3 Å². The second-order valence-corrected chi connectivity index (χ2v) is 11.1. The van der Waals surface area contributed by atoms with Crippen LogP contribution in [0.2, 0.25) is 0 Å². The number of benzene rings is 2. The Labute approximate surface area is 234 Å². The van der Waals surface area contributed by atoms with Crippen LogP contribution in [0.25, 0.3) is 10.3 Å². The molecule has 1 aliphatic heterocycles. The van der Waals surface area contributed by atoms with Crippen molar-refractivity contribution in [3.8, 4) is 11.5 Å². The average molecular weight is 564 g/mol. The van der Waals surface area contributed by atoms with Gasteiger partial charge in [-0.1, -0.05) is 41.7 Å². The Balaban J connectivity index is 1.33. The number of nitrogens with zero attached hydrogens (tertiary/aromatic N) is 4. The first kappa shape index (κ1) is 26.2. The molecular weight excluding hydrogens is 533 g/mol. The first-order chi connectivity index (χ1) is 19.4. The van der Waals surface area contributed by atoms with Gasteiger partial charge in [0.2, 0.25) is 5.91 Å². The molecule has 2 aromatic carbocycles. The van der Waals surface area contributed by atoms with E-state index in [1.165, 1.54) is 23.0 Å². The summed E-state index contributed by atoms with van der Waals surface area (Å²) in [6, 6.07) is 14.6. The Hall–Kier alpha value is -3.99. The van der Waals surface area contributed by atoms with Crippen LogP contribution in [0.3, 0.4) is 0 Å². The molecule has 1 saturated carbocycles. The van der Waals surface area contributed by atoms with Gasteiger partial charge in [0.1, 0.15) is 17.5 Å². The Morgan fingerprint density at radius 1 is 1.15 bits per heavy atom. The smallest absolute Gasteiger partial charge is 0.281 e. The third-order valence-corrected chi connectivity index (χ3v) is 8.52. The van der Waals surface area contributed by atoms with Crippen molar-refractivity contribution >= 4 is 32.7 Å². The first-order valence-corrected chi connectivity index (χ1v) is 14.1. The highest BCUT2D eigenvalue weighted by atomic mass is 32.1. The summed E-state index contributed by atoms with van der Waals surface area (Å²) in [5.74, 6) is 1.17. The molecule has 208 valence electrons. The maximum absolute atomic E-state index is 15.6. The molecule has 1 aliphatic carbocycles. The number of carbonyl (C=O) groups excluding carboxylic acids is 1. The van der Waals surface area contributed by atoms with Crippen molar-refractivity contribution in [2.45, 2.75) is 50.5 Å². The van der Waals surface area contributed by atoms with E-state index in [0.717, 1.165) is 12.0 Å². The molecule has 1 atom stereocenters. The minimum absolute atomic E-state index is 0.0804. The molecule has 0 spiro atoms. The number of fused-ring (bicyclic) bond motifs is 1. The van der Waals surface area contributed by atoms with Crippen LogP contribution in [0, 0.1) is 0 Å². The zero-order valence-electron chi connectivity index (χ0n) is 22.4. The van der Waals surface area contributed by atoms with Gasteiger partial charge >= 0.3 is 0 Å². The number of thiazole rings is 1. The molecule has 2 fully saturated rings. The predicted octanol–water partition coefficient (Wildman–Crippen LogP) is 4.16. The highest BCUT2D eigenvalue weighted by Gasteiger charge is 2.49. The number of carbonyl (C=O) groups is 1. The number of methoxy groups -OCH3 is 2. The molecule has 6 rings (SSSR count). The Morgan fingerprint density at radius 2 is 1.95 bits per heavy atom. The topological polar surface area (TPSA) is 98.6 Å². The molecule has 3 heterocycles. The number of rotatable bonds is 9. The summed E-state index contributed by atoms with van der Waals surface area (Å²) in [5, 5.41) is 3.57. The molecule has 1 saturated heterocycles. The maximum Gasteiger partial charge on any atom is 0.281 e. The summed E-state index contributed by atoms with van der Waals surface area (Å²) in [6.07, 6.45) is 2.13. The lowest BCUT2D eigenvalue weighted by molar-refractivity contribution is -0.122. The van der Waals surface area contributed by atoms with Crippen molar-refractivity contribution in [3.63, 3.8) is 0 Å².